The minimum atomic E-state index is -0.600. The van der Waals surface area contributed by atoms with Gasteiger partial charge in [-0.2, -0.15) is 5.10 Å². The molecule has 3 rings (SSSR count). The monoisotopic (exact) mass is 329 g/mol. The Morgan fingerprint density at radius 2 is 2.04 bits per heavy atom. The molecule has 0 amide bonds. The van der Waals surface area contributed by atoms with Gasteiger partial charge in [0, 0.05) is 30.6 Å². The van der Waals surface area contributed by atoms with E-state index in [0.717, 1.165) is 11.8 Å². The number of benzene rings is 1. The number of aryl methyl sites for hydroxylation is 3. The van der Waals surface area contributed by atoms with E-state index in [1.807, 2.05) is 18.4 Å². The van der Waals surface area contributed by atoms with E-state index in [1.165, 1.54) is 23.0 Å². The third-order valence-electron chi connectivity index (χ3n) is 3.79. The van der Waals surface area contributed by atoms with Crippen LogP contribution in [0.25, 0.3) is 16.9 Å². The molecule has 1 aromatic carbocycles. The molecule has 24 heavy (non-hydrogen) atoms. The summed E-state index contributed by atoms with van der Waals surface area (Å²) in [5.41, 5.74) is 2.45. The molecule has 0 unspecified atom stereocenters. The summed E-state index contributed by atoms with van der Waals surface area (Å²) in [6, 6.07) is 3.88. The number of phenols is 1. The minimum absolute atomic E-state index is 0.166. The molecule has 2 aromatic heterocycles. The van der Waals surface area contributed by atoms with Crippen LogP contribution < -0.4 is 0 Å². The van der Waals surface area contributed by atoms with Gasteiger partial charge in [-0.3, -0.25) is 9.25 Å². The van der Waals surface area contributed by atoms with Gasteiger partial charge in [0.15, 0.2) is 0 Å². The number of oxime groups is 1. The maximum absolute atomic E-state index is 14.4. The van der Waals surface area contributed by atoms with E-state index in [0.29, 0.717) is 22.9 Å². The molecule has 2 heterocycles. The molecule has 3 aromatic rings. The molecule has 0 aliphatic rings. The molecule has 124 valence electrons. The van der Waals surface area contributed by atoms with Crippen LogP contribution in [0, 0.1) is 19.7 Å². The lowest BCUT2D eigenvalue weighted by atomic mass is 10.1. The predicted molar refractivity (Wildman–Crippen MR) is 86.2 cm³/mol. The molecule has 0 saturated carbocycles. The van der Waals surface area contributed by atoms with Crippen molar-refractivity contribution in [2.75, 3.05) is 0 Å². The average molecular weight is 329 g/mol. The summed E-state index contributed by atoms with van der Waals surface area (Å²) in [7, 11) is 1.67. The van der Waals surface area contributed by atoms with Gasteiger partial charge in [-0.15, -0.1) is 0 Å². The van der Waals surface area contributed by atoms with Crippen LogP contribution in [-0.2, 0) is 7.05 Å². The highest BCUT2D eigenvalue weighted by Gasteiger charge is 2.23. The Labute approximate surface area is 137 Å². The first-order chi connectivity index (χ1) is 11.4. The van der Waals surface area contributed by atoms with E-state index >= 15 is 0 Å². The van der Waals surface area contributed by atoms with Gasteiger partial charge in [-0.05, 0) is 26.0 Å². The van der Waals surface area contributed by atoms with E-state index in [1.54, 1.807) is 13.2 Å². The number of rotatable bonds is 3. The van der Waals surface area contributed by atoms with E-state index in [4.69, 9.17) is 5.21 Å². The van der Waals surface area contributed by atoms with Crippen molar-refractivity contribution in [2.45, 2.75) is 13.8 Å². The number of hydrogen-bond acceptors (Lipinski definition) is 5. The first kappa shape index (κ1) is 15.7. The van der Waals surface area contributed by atoms with Crippen LogP contribution in [0.4, 0.5) is 4.39 Å². The zero-order chi connectivity index (χ0) is 17.4. The van der Waals surface area contributed by atoms with Crippen molar-refractivity contribution in [2.24, 2.45) is 12.2 Å². The summed E-state index contributed by atoms with van der Waals surface area (Å²) in [5.74, 6) is -0.0772. The zero-order valence-corrected chi connectivity index (χ0v) is 13.4. The Morgan fingerprint density at radius 1 is 1.29 bits per heavy atom. The number of phenolic OH excluding ortho intramolecular Hbond substituents is 1. The quantitative estimate of drug-likeness (QED) is 0.439. The van der Waals surface area contributed by atoms with Gasteiger partial charge < -0.3 is 10.3 Å². The molecule has 0 fully saturated rings. The maximum atomic E-state index is 14.4. The topological polar surface area (TPSA) is 88.5 Å². The van der Waals surface area contributed by atoms with Crippen LogP contribution in [0.5, 0.6) is 5.75 Å². The average Bonchev–Trinajstić information content (AvgIpc) is 3.00. The normalized spacial score (nSPS) is 11.5. The largest absolute Gasteiger partial charge is 0.508 e. The lowest BCUT2D eigenvalue weighted by molar-refractivity contribution is 0.321. The number of aromatic nitrogens is 4. The summed E-state index contributed by atoms with van der Waals surface area (Å²) in [4.78, 5) is 4.26. The molecular formula is C16H16FN5O2. The fourth-order valence-corrected chi connectivity index (χ4v) is 2.72. The van der Waals surface area contributed by atoms with Gasteiger partial charge in [0.1, 0.15) is 34.5 Å². The highest BCUT2D eigenvalue weighted by Crippen LogP contribution is 2.32. The summed E-state index contributed by atoms with van der Waals surface area (Å²) >= 11 is 0. The standard InChI is InChI=1S/C16H16FN5O2/c1-9-7-18-10(2)22(9)16-14(8-19-24)21(3)20-15(16)12-5-4-11(23)6-13(12)17/h4-8,23-24H,1-3H3/b19-8+. The maximum Gasteiger partial charge on any atom is 0.136 e. The second-order valence-corrected chi connectivity index (χ2v) is 5.40. The first-order valence-electron chi connectivity index (χ1n) is 7.18. The van der Waals surface area contributed by atoms with Crippen molar-refractivity contribution in [3.05, 3.63) is 47.4 Å². The van der Waals surface area contributed by atoms with Gasteiger partial charge in [0.05, 0.1) is 6.21 Å². The smallest absolute Gasteiger partial charge is 0.136 e. The molecular weight excluding hydrogens is 313 g/mol. The number of hydrogen-bond donors (Lipinski definition) is 2. The molecule has 0 bridgehead atoms. The first-order valence-corrected chi connectivity index (χ1v) is 7.18. The van der Waals surface area contributed by atoms with Crippen molar-refractivity contribution in [1.29, 1.82) is 0 Å². The van der Waals surface area contributed by atoms with Crippen molar-refractivity contribution in [1.82, 2.24) is 19.3 Å². The van der Waals surface area contributed by atoms with Gasteiger partial charge in [0.2, 0.25) is 0 Å². The number of imidazole rings is 1. The molecule has 0 aliphatic carbocycles. The van der Waals surface area contributed by atoms with Crippen LogP contribution in [0.3, 0.4) is 0 Å². The van der Waals surface area contributed by atoms with Crippen LogP contribution in [0.1, 0.15) is 17.2 Å². The molecule has 8 heteroatoms. The highest BCUT2D eigenvalue weighted by atomic mass is 19.1. The second-order valence-electron chi connectivity index (χ2n) is 5.40. The number of aromatic hydroxyl groups is 1. The van der Waals surface area contributed by atoms with E-state index < -0.39 is 5.82 Å². The van der Waals surface area contributed by atoms with Crippen molar-refractivity contribution < 1.29 is 14.7 Å². The molecule has 0 spiro atoms. The summed E-state index contributed by atoms with van der Waals surface area (Å²) in [6.07, 6.45) is 2.93. The minimum Gasteiger partial charge on any atom is -0.508 e. The molecule has 7 nitrogen and oxygen atoms in total. The van der Waals surface area contributed by atoms with Crippen LogP contribution >= 0.6 is 0 Å². The fourth-order valence-electron chi connectivity index (χ4n) is 2.72. The summed E-state index contributed by atoms with van der Waals surface area (Å²) in [5, 5.41) is 25.9. The van der Waals surface area contributed by atoms with Crippen molar-refractivity contribution in [3.8, 4) is 22.7 Å². The molecule has 0 atom stereocenters. The lowest BCUT2D eigenvalue weighted by Crippen LogP contribution is -2.05. The predicted octanol–water partition coefficient (Wildman–Crippen LogP) is 2.54. The summed E-state index contributed by atoms with van der Waals surface area (Å²) < 4.78 is 17.7. The zero-order valence-electron chi connectivity index (χ0n) is 13.4. The molecule has 2 N–H and O–H groups in total. The Kier molecular flexibility index (Phi) is 3.80. The van der Waals surface area contributed by atoms with Gasteiger partial charge in [0.25, 0.3) is 0 Å². The van der Waals surface area contributed by atoms with Crippen molar-refractivity contribution in [3.63, 3.8) is 0 Å². The Morgan fingerprint density at radius 3 is 2.62 bits per heavy atom. The van der Waals surface area contributed by atoms with E-state index in [-0.39, 0.29) is 11.3 Å². The second kappa shape index (κ2) is 5.80. The van der Waals surface area contributed by atoms with Gasteiger partial charge in [-0.1, -0.05) is 5.16 Å². The number of nitrogens with zero attached hydrogens (tertiary/aromatic N) is 5. The fraction of sp³-hybridized carbons (Fsp3) is 0.188. The van der Waals surface area contributed by atoms with Gasteiger partial charge >= 0.3 is 0 Å². The SMILES string of the molecule is Cc1cnc(C)n1-c1c(-c2ccc(O)cc2F)nn(C)c1/C=N/O. The van der Waals surface area contributed by atoms with Crippen molar-refractivity contribution >= 4 is 6.21 Å². The molecule has 0 saturated heterocycles. The van der Waals surface area contributed by atoms with Crippen LogP contribution in [0.2, 0.25) is 0 Å². The third kappa shape index (κ3) is 2.41. The third-order valence-corrected chi connectivity index (χ3v) is 3.79. The van der Waals surface area contributed by atoms with E-state index in [2.05, 4.69) is 15.2 Å². The summed E-state index contributed by atoms with van der Waals surface area (Å²) in [6.45, 7) is 3.68. The lowest BCUT2D eigenvalue weighted by Gasteiger charge is -2.10. The Bertz CT molecular complexity index is 923. The molecule has 0 aliphatic heterocycles. The van der Waals surface area contributed by atoms with Crippen LogP contribution in [0.15, 0.2) is 29.6 Å². The van der Waals surface area contributed by atoms with Crippen LogP contribution in [-0.4, -0.2) is 35.9 Å². The van der Waals surface area contributed by atoms with E-state index in [9.17, 15) is 9.50 Å². The van der Waals surface area contributed by atoms with Gasteiger partial charge in [-0.25, -0.2) is 9.37 Å². The Balaban J connectivity index is 2.37. The molecule has 0 radical (unpaired) electrons. The number of halogens is 1. The Hall–Kier alpha value is -3.16. The highest BCUT2D eigenvalue weighted by molar-refractivity contribution is 5.88.